The number of carbonyl (C=O) groups is 1. The second-order valence-corrected chi connectivity index (χ2v) is 3.11. The van der Waals surface area contributed by atoms with Gasteiger partial charge in [0, 0.05) is 12.3 Å². The van der Waals surface area contributed by atoms with Crippen LogP contribution in [0.1, 0.15) is 32.1 Å². The molecule has 0 saturated heterocycles. The lowest BCUT2D eigenvalue weighted by Crippen LogP contribution is -2.16. The maximum absolute atomic E-state index is 12.3. The lowest BCUT2D eigenvalue weighted by atomic mass is 10.1. The molecule has 0 spiro atoms. The van der Waals surface area contributed by atoms with Crippen LogP contribution in [0.25, 0.3) is 0 Å². The molecule has 0 heterocycles. The number of unbranched alkanes of at least 4 members (excludes halogenated alkanes) is 3. The van der Waals surface area contributed by atoms with Crippen molar-refractivity contribution in [1.82, 2.24) is 0 Å². The van der Waals surface area contributed by atoms with Crippen molar-refractivity contribution in [2.75, 3.05) is 5.88 Å². The van der Waals surface area contributed by atoms with Crippen molar-refractivity contribution in [3.63, 3.8) is 0 Å². The summed E-state index contributed by atoms with van der Waals surface area (Å²) in [6.45, 7) is 0. The van der Waals surface area contributed by atoms with Crippen molar-refractivity contribution in [3.05, 3.63) is 0 Å². The van der Waals surface area contributed by atoms with E-state index in [-0.39, 0.29) is 12.7 Å². The molecule has 0 aromatic rings. The summed E-state index contributed by atoms with van der Waals surface area (Å²) < 4.78 is 24.5. The molecule has 0 amide bonds. The Morgan fingerprint density at radius 2 is 1.75 bits per heavy atom. The van der Waals surface area contributed by atoms with Crippen LogP contribution in [-0.4, -0.2) is 18.1 Å². The second-order valence-electron chi connectivity index (χ2n) is 2.73. The summed E-state index contributed by atoms with van der Waals surface area (Å²) in [7, 11) is 0. The Morgan fingerprint density at radius 1 is 1.17 bits per heavy atom. The number of carbonyl (C=O) groups excluding carboxylic acids is 1. The fourth-order valence-electron chi connectivity index (χ4n) is 0.868. The van der Waals surface area contributed by atoms with E-state index in [4.69, 9.17) is 11.6 Å². The summed E-state index contributed by atoms with van der Waals surface area (Å²) in [4.78, 5) is 9.78. The monoisotopic (exact) mass is 198 g/mol. The molecule has 0 radical (unpaired) electrons. The minimum absolute atomic E-state index is 0.283. The smallest absolute Gasteiger partial charge is 0.297 e. The largest absolute Gasteiger partial charge is 0.302 e. The molecule has 0 atom stereocenters. The van der Waals surface area contributed by atoms with Gasteiger partial charge in [-0.3, -0.25) is 4.79 Å². The van der Waals surface area contributed by atoms with Gasteiger partial charge in [0.15, 0.2) is 6.29 Å². The maximum Gasteiger partial charge on any atom is 0.302 e. The Bertz CT molecular complexity index is 128. The fraction of sp³-hybridized carbons (Fsp3) is 0.875. The zero-order valence-corrected chi connectivity index (χ0v) is 7.62. The molecule has 0 fully saturated rings. The number of alkyl halides is 3. The van der Waals surface area contributed by atoms with Gasteiger partial charge in [-0.1, -0.05) is 12.8 Å². The van der Waals surface area contributed by atoms with Crippen LogP contribution in [0, 0.1) is 0 Å². The van der Waals surface area contributed by atoms with E-state index >= 15 is 0 Å². The first-order chi connectivity index (χ1) is 5.62. The predicted molar refractivity (Wildman–Crippen MR) is 44.8 cm³/mol. The molecule has 4 heteroatoms. The van der Waals surface area contributed by atoms with Gasteiger partial charge < -0.3 is 0 Å². The Morgan fingerprint density at radius 3 is 2.25 bits per heavy atom. The summed E-state index contributed by atoms with van der Waals surface area (Å²) in [5.74, 6) is -2.55. The Kier molecular flexibility index (Phi) is 6.25. The third kappa shape index (κ3) is 6.53. The summed E-state index contributed by atoms with van der Waals surface area (Å²) in [5, 5.41) is 0. The van der Waals surface area contributed by atoms with Gasteiger partial charge in [0.05, 0.1) is 0 Å². The van der Waals surface area contributed by atoms with E-state index in [1.54, 1.807) is 0 Å². The summed E-state index contributed by atoms with van der Waals surface area (Å²) >= 11 is 5.39. The van der Waals surface area contributed by atoms with Gasteiger partial charge in [-0.15, -0.1) is 11.6 Å². The van der Waals surface area contributed by atoms with Crippen LogP contribution >= 0.6 is 11.6 Å². The zero-order valence-electron chi connectivity index (χ0n) is 6.86. The normalized spacial score (nSPS) is 11.6. The van der Waals surface area contributed by atoms with Crippen molar-refractivity contribution < 1.29 is 13.6 Å². The molecule has 0 aliphatic rings. The van der Waals surface area contributed by atoms with Crippen LogP contribution in [0.3, 0.4) is 0 Å². The number of rotatable bonds is 7. The minimum atomic E-state index is -3.12. The molecule has 0 saturated carbocycles. The first kappa shape index (κ1) is 11.8. The maximum atomic E-state index is 12.3. The van der Waals surface area contributed by atoms with Crippen molar-refractivity contribution in [1.29, 1.82) is 0 Å². The molecular weight excluding hydrogens is 186 g/mol. The van der Waals surface area contributed by atoms with E-state index in [1.165, 1.54) is 0 Å². The van der Waals surface area contributed by atoms with E-state index in [2.05, 4.69) is 0 Å². The molecule has 72 valence electrons. The SMILES string of the molecule is O=CC(F)(F)CCCCCCCl. The van der Waals surface area contributed by atoms with Crippen LogP contribution in [0.2, 0.25) is 0 Å². The fourth-order valence-corrected chi connectivity index (χ4v) is 1.06. The number of hydrogen-bond acceptors (Lipinski definition) is 1. The quantitative estimate of drug-likeness (QED) is 0.349. The predicted octanol–water partition coefficient (Wildman–Crippen LogP) is 3.01. The molecule has 0 bridgehead atoms. The summed E-state index contributed by atoms with van der Waals surface area (Å²) in [6, 6.07) is 0. The Labute approximate surface area is 76.1 Å². The van der Waals surface area contributed by atoms with Gasteiger partial charge in [-0.25, -0.2) is 0 Å². The van der Waals surface area contributed by atoms with Crippen LogP contribution in [0.4, 0.5) is 8.78 Å². The molecule has 0 aliphatic carbocycles. The highest BCUT2D eigenvalue weighted by Crippen LogP contribution is 2.19. The van der Waals surface area contributed by atoms with Crippen molar-refractivity contribution in [2.45, 2.75) is 38.0 Å². The highest BCUT2D eigenvalue weighted by atomic mass is 35.5. The molecule has 0 aromatic heterocycles. The average molecular weight is 199 g/mol. The molecule has 0 unspecified atom stereocenters. The minimum Gasteiger partial charge on any atom is -0.297 e. The Hall–Kier alpha value is -0.180. The van der Waals surface area contributed by atoms with Gasteiger partial charge in [0.25, 0.3) is 0 Å². The average Bonchev–Trinajstić information content (AvgIpc) is 2.04. The van der Waals surface area contributed by atoms with Crippen LogP contribution in [0.5, 0.6) is 0 Å². The van der Waals surface area contributed by atoms with E-state index in [0.29, 0.717) is 12.3 Å². The van der Waals surface area contributed by atoms with Crippen LogP contribution in [-0.2, 0) is 4.79 Å². The third-order valence-electron chi connectivity index (χ3n) is 1.57. The van der Waals surface area contributed by atoms with Crippen molar-refractivity contribution in [2.24, 2.45) is 0 Å². The first-order valence-corrected chi connectivity index (χ1v) is 4.56. The summed E-state index contributed by atoms with van der Waals surface area (Å²) in [6.07, 6.45) is 2.21. The van der Waals surface area contributed by atoms with Gasteiger partial charge in [0.1, 0.15) is 0 Å². The molecule has 0 rings (SSSR count). The molecular formula is C8H13ClF2O. The number of halogens is 3. The van der Waals surface area contributed by atoms with Gasteiger partial charge >= 0.3 is 5.92 Å². The molecule has 0 aliphatic heterocycles. The van der Waals surface area contributed by atoms with Gasteiger partial charge in [-0.05, 0) is 12.8 Å². The second kappa shape index (κ2) is 6.35. The number of aldehydes is 1. The highest BCUT2D eigenvalue weighted by Gasteiger charge is 2.26. The Balaban J connectivity index is 3.25. The van der Waals surface area contributed by atoms with Crippen LogP contribution < -0.4 is 0 Å². The highest BCUT2D eigenvalue weighted by molar-refractivity contribution is 6.17. The summed E-state index contributed by atoms with van der Waals surface area (Å²) in [5.41, 5.74) is 0. The van der Waals surface area contributed by atoms with E-state index < -0.39 is 5.92 Å². The van der Waals surface area contributed by atoms with Crippen molar-refractivity contribution >= 4 is 17.9 Å². The van der Waals surface area contributed by atoms with E-state index in [9.17, 15) is 13.6 Å². The number of hydrogen-bond donors (Lipinski definition) is 0. The van der Waals surface area contributed by atoms with E-state index in [1.807, 2.05) is 0 Å². The standard InChI is InChI=1S/C8H13ClF2O/c9-6-4-2-1-3-5-8(10,11)7-12/h7H,1-6H2. The van der Waals surface area contributed by atoms with Gasteiger partial charge in [0.2, 0.25) is 0 Å². The van der Waals surface area contributed by atoms with Crippen molar-refractivity contribution in [3.8, 4) is 0 Å². The molecule has 0 N–H and O–H groups in total. The lowest BCUT2D eigenvalue weighted by molar-refractivity contribution is -0.130. The lowest BCUT2D eigenvalue weighted by Gasteiger charge is -2.07. The third-order valence-corrected chi connectivity index (χ3v) is 1.83. The molecule has 0 aromatic carbocycles. The van der Waals surface area contributed by atoms with Gasteiger partial charge in [-0.2, -0.15) is 8.78 Å². The zero-order chi connectivity index (χ0) is 9.45. The van der Waals surface area contributed by atoms with E-state index in [0.717, 1.165) is 19.3 Å². The molecule has 12 heavy (non-hydrogen) atoms. The van der Waals surface area contributed by atoms with Crippen LogP contribution in [0.15, 0.2) is 0 Å². The molecule has 1 nitrogen and oxygen atoms in total. The topological polar surface area (TPSA) is 17.1 Å². The first-order valence-electron chi connectivity index (χ1n) is 4.02.